The van der Waals surface area contributed by atoms with Gasteiger partial charge < -0.3 is 4.74 Å². The number of nitro benzene ring substituents is 1. The molecule has 0 aliphatic heterocycles. The first-order valence-corrected chi connectivity index (χ1v) is 9.52. The summed E-state index contributed by atoms with van der Waals surface area (Å²) in [5.74, 6) is 0.00589. The molecule has 0 unspecified atom stereocenters. The van der Waals surface area contributed by atoms with Gasteiger partial charge in [0.05, 0.1) is 27.6 Å². The normalized spacial score (nSPS) is 11.0. The highest BCUT2D eigenvalue weighted by atomic mass is 16.6. The minimum absolute atomic E-state index is 0.0727. The average Bonchev–Trinajstić information content (AvgIpc) is 2.80. The van der Waals surface area contributed by atoms with Crippen molar-refractivity contribution in [3.8, 4) is 5.75 Å². The first-order chi connectivity index (χ1) is 15.4. The van der Waals surface area contributed by atoms with E-state index in [1.807, 2.05) is 6.07 Å². The molecule has 0 spiro atoms. The third-order valence-electron chi connectivity index (χ3n) is 4.62. The van der Waals surface area contributed by atoms with E-state index in [9.17, 15) is 19.7 Å². The van der Waals surface area contributed by atoms with Crippen molar-refractivity contribution < 1.29 is 14.5 Å². The van der Waals surface area contributed by atoms with Crippen molar-refractivity contribution in [3.05, 3.63) is 110 Å². The lowest BCUT2D eigenvalue weighted by Gasteiger charge is -2.06. The monoisotopic (exact) mass is 428 g/mol. The van der Waals surface area contributed by atoms with E-state index in [1.165, 1.54) is 29.1 Å². The van der Waals surface area contributed by atoms with E-state index in [4.69, 9.17) is 4.74 Å². The number of aryl methyl sites for hydroxylation is 1. The number of fused-ring (bicyclic) bond motifs is 1. The number of carbonyl (C=O) groups excluding carboxylic acids is 1. The molecule has 0 saturated carbocycles. The largest absolute Gasteiger partial charge is 0.423 e. The van der Waals surface area contributed by atoms with Crippen LogP contribution in [0.3, 0.4) is 0 Å². The molecule has 9 heteroatoms. The summed E-state index contributed by atoms with van der Waals surface area (Å²) in [5, 5.41) is 15.6. The molecule has 0 aliphatic rings. The van der Waals surface area contributed by atoms with Crippen molar-refractivity contribution in [3.63, 3.8) is 0 Å². The lowest BCUT2D eigenvalue weighted by atomic mass is 10.2. The van der Waals surface area contributed by atoms with Crippen molar-refractivity contribution in [1.29, 1.82) is 0 Å². The van der Waals surface area contributed by atoms with E-state index in [0.29, 0.717) is 22.3 Å². The van der Waals surface area contributed by atoms with Gasteiger partial charge >= 0.3 is 5.97 Å². The average molecular weight is 428 g/mol. The number of hydrogen-bond donors (Lipinski definition) is 0. The van der Waals surface area contributed by atoms with Gasteiger partial charge in [0, 0.05) is 12.1 Å². The van der Waals surface area contributed by atoms with Crippen LogP contribution in [-0.2, 0) is 0 Å². The maximum absolute atomic E-state index is 12.7. The van der Waals surface area contributed by atoms with Crippen LogP contribution in [0.2, 0.25) is 0 Å². The second-order valence-electron chi connectivity index (χ2n) is 6.80. The quantitative estimate of drug-likeness (QED) is 0.157. The number of aromatic nitrogens is 2. The standard InChI is InChI=1S/C23H16N4O5/c1-15-25-21-8-3-2-7-20(21)22(28)26(15)24-14-16-9-11-19(12-10-16)32-23(29)17-5-4-6-18(13-17)27(30)31/h2-14H,1H3/b24-14+. The second-order valence-corrected chi connectivity index (χ2v) is 6.80. The third-order valence-corrected chi connectivity index (χ3v) is 4.62. The van der Waals surface area contributed by atoms with E-state index < -0.39 is 10.9 Å². The molecule has 0 amide bonds. The van der Waals surface area contributed by atoms with E-state index in [2.05, 4.69) is 10.1 Å². The smallest absolute Gasteiger partial charge is 0.343 e. The topological polar surface area (TPSA) is 117 Å². The lowest BCUT2D eigenvalue weighted by molar-refractivity contribution is -0.384. The molecule has 0 aliphatic carbocycles. The lowest BCUT2D eigenvalue weighted by Crippen LogP contribution is -2.20. The van der Waals surface area contributed by atoms with Gasteiger partial charge in [-0.25, -0.2) is 9.78 Å². The number of nitro groups is 1. The van der Waals surface area contributed by atoms with Crippen LogP contribution in [-0.4, -0.2) is 26.8 Å². The van der Waals surface area contributed by atoms with Crippen molar-refractivity contribution >= 4 is 28.8 Å². The summed E-state index contributed by atoms with van der Waals surface area (Å²) in [7, 11) is 0. The van der Waals surface area contributed by atoms with Gasteiger partial charge in [-0.3, -0.25) is 14.9 Å². The summed E-state index contributed by atoms with van der Waals surface area (Å²) < 4.78 is 6.49. The van der Waals surface area contributed by atoms with Crippen molar-refractivity contribution in [2.45, 2.75) is 6.92 Å². The number of benzene rings is 3. The van der Waals surface area contributed by atoms with Crippen LogP contribution in [0, 0.1) is 17.0 Å². The number of para-hydroxylation sites is 1. The Labute approximate surface area is 181 Å². The zero-order valence-electron chi connectivity index (χ0n) is 16.8. The minimum atomic E-state index is -0.709. The van der Waals surface area contributed by atoms with Gasteiger partial charge in [0.15, 0.2) is 0 Å². The molecule has 3 aromatic carbocycles. The fraction of sp³-hybridized carbons (Fsp3) is 0.0435. The molecular formula is C23H16N4O5. The highest BCUT2D eigenvalue weighted by Gasteiger charge is 2.13. The van der Waals surface area contributed by atoms with Gasteiger partial charge in [-0.2, -0.15) is 9.78 Å². The number of carbonyl (C=O) groups is 1. The third kappa shape index (κ3) is 4.26. The van der Waals surface area contributed by atoms with E-state index in [1.54, 1.807) is 49.4 Å². The highest BCUT2D eigenvalue weighted by molar-refractivity contribution is 5.91. The number of ether oxygens (including phenoxy) is 1. The van der Waals surface area contributed by atoms with Gasteiger partial charge in [-0.1, -0.05) is 18.2 Å². The van der Waals surface area contributed by atoms with Crippen LogP contribution in [0.1, 0.15) is 21.7 Å². The number of rotatable bonds is 5. The molecule has 9 nitrogen and oxygen atoms in total. The van der Waals surface area contributed by atoms with Gasteiger partial charge in [0.1, 0.15) is 11.6 Å². The Balaban J connectivity index is 1.51. The summed E-state index contributed by atoms with van der Waals surface area (Å²) in [6.45, 7) is 1.70. The summed E-state index contributed by atoms with van der Waals surface area (Å²) in [5.41, 5.74) is 0.881. The van der Waals surface area contributed by atoms with Crippen molar-refractivity contribution in [1.82, 2.24) is 9.66 Å². The van der Waals surface area contributed by atoms with Crippen molar-refractivity contribution in [2.75, 3.05) is 0 Å². The summed E-state index contributed by atoms with van der Waals surface area (Å²) in [6.07, 6.45) is 1.50. The van der Waals surface area contributed by atoms with Crippen LogP contribution < -0.4 is 10.3 Å². The molecule has 1 heterocycles. The van der Waals surface area contributed by atoms with E-state index >= 15 is 0 Å². The summed E-state index contributed by atoms with van der Waals surface area (Å²) in [4.78, 5) is 39.6. The molecule has 0 fully saturated rings. The van der Waals surface area contributed by atoms with Crippen LogP contribution in [0.15, 0.2) is 82.7 Å². The predicted molar refractivity (Wildman–Crippen MR) is 118 cm³/mol. The van der Waals surface area contributed by atoms with Gasteiger partial charge in [-0.05, 0) is 55.0 Å². The fourth-order valence-electron chi connectivity index (χ4n) is 3.03. The Bertz CT molecular complexity index is 1420. The van der Waals surface area contributed by atoms with Gasteiger partial charge in [0.25, 0.3) is 11.2 Å². The van der Waals surface area contributed by atoms with Crippen LogP contribution in [0.4, 0.5) is 5.69 Å². The van der Waals surface area contributed by atoms with Gasteiger partial charge in [0.2, 0.25) is 0 Å². The molecule has 4 rings (SSSR count). The van der Waals surface area contributed by atoms with Crippen LogP contribution >= 0.6 is 0 Å². The minimum Gasteiger partial charge on any atom is -0.423 e. The first-order valence-electron chi connectivity index (χ1n) is 9.52. The molecule has 0 saturated heterocycles. The molecule has 0 N–H and O–H groups in total. The van der Waals surface area contributed by atoms with Crippen LogP contribution in [0.5, 0.6) is 5.75 Å². The maximum atomic E-state index is 12.7. The molecule has 32 heavy (non-hydrogen) atoms. The Kier molecular flexibility index (Phi) is 5.54. The molecule has 0 atom stereocenters. The maximum Gasteiger partial charge on any atom is 0.343 e. The molecule has 4 aromatic rings. The highest BCUT2D eigenvalue weighted by Crippen LogP contribution is 2.17. The molecule has 0 radical (unpaired) electrons. The predicted octanol–water partition coefficient (Wildman–Crippen LogP) is 3.71. The first kappa shape index (κ1) is 20.6. The zero-order chi connectivity index (χ0) is 22.7. The molecular weight excluding hydrogens is 412 g/mol. The summed E-state index contributed by atoms with van der Waals surface area (Å²) >= 11 is 0. The fourth-order valence-corrected chi connectivity index (χ4v) is 3.03. The molecule has 158 valence electrons. The Morgan fingerprint density at radius 2 is 1.84 bits per heavy atom. The van der Waals surface area contributed by atoms with Gasteiger partial charge in [-0.15, -0.1) is 0 Å². The molecule has 1 aromatic heterocycles. The van der Waals surface area contributed by atoms with E-state index in [-0.39, 0.29) is 22.6 Å². The van der Waals surface area contributed by atoms with E-state index in [0.717, 1.165) is 6.07 Å². The number of hydrogen-bond acceptors (Lipinski definition) is 7. The second kappa shape index (κ2) is 8.60. The van der Waals surface area contributed by atoms with Crippen molar-refractivity contribution in [2.24, 2.45) is 5.10 Å². The Hall–Kier alpha value is -4.66. The van der Waals surface area contributed by atoms with Crippen LogP contribution in [0.25, 0.3) is 10.9 Å². The Morgan fingerprint density at radius 3 is 2.59 bits per heavy atom. The number of esters is 1. The Morgan fingerprint density at radius 1 is 1.09 bits per heavy atom. The number of nitrogens with zero attached hydrogens (tertiary/aromatic N) is 4. The molecule has 0 bridgehead atoms. The zero-order valence-corrected chi connectivity index (χ0v) is 16.8. The SMILES string of the molecule is Cc1nc2ccccc2c(=O)n1/N=C/c1ccc(OC(=O)c2cccc([N+](=O)[O-])c2)cc1. The number of non-ortho nitro benzene ring substituents is 1. The summed E-state index contributed by atoms with van der Waals surface area (Å²) in [6, 6.07) is 18.8.